The van der Waals surface area contributed by atoms with Crippen LogP contribution in [-0.2, 0) is 45.3 Å². The van der Waals surface area contributed by atoms with Gasteiger partial charge in [0.05, 0.1) is 28.8 Å². The standard InChI is InChI=1S/C36H47F3N6O11S2/c1-3-55-35(50)25(42-20(2)33(47)45-27-10-5-4-8-22(27)16-28(45)34(48)49)9-6-7-15-41-32(46)21-11-13-23(14-12-21)56-19-31-43-26-17-24(36(37,38)39)29(57(40,51)52)18-30(26)58(53,54)44-31/h11-14,17-18,20,22,25,27-28,31,42-44H,3-10,15-16,19H2,1-2H3,(H,41,46)(H,48,49)(H2,40,51,52)/t20-,22?,25-,27?,28?,31?/m0/s1. The number of fused-ring (bicyclic) bond motifs is 2. The average molecular weight is 861 g/mol. The zero-order chi connectivity index (χ0) is 42.6. The second-order valence-corrected chi connectivity index (χ2v) is 17.6. The lowest BCUT2D eigenvalue weighted by molar-refractivity contribution is -0.152. The molecule has 1 saturated carbocycles. The van der Waals surface area contributed by atoms with Crippen LogP contribution in [0.5, 0.6) is 5.75 Å². The highest BCUT2D eigenvalue weighted by Crippen LogP contribution is 2.41. The fraction of sp³-hybridized carbons (Fsp3) is 0.556. The van der Waals surface area contributed by atoms with Crippen LogP contribution in [0, 0.1) is 5.92 Å². The van der Waals surface area contributed by atoms with E-state index in [1.807, 2.05) is 0 Å². The molecule has 4 unspecified atom stereocenters. The lowest BCUT2D eigenvalue weighted by Crippen LogP contribution is -2.55. The molecule has 58 heavy (non-hydrogen) atoms. The first-order valence-electron chi connectivity index (χ1n) is 18.8. The number of primary sulfonamides is 1. The van der Waals surface area contributed by atoms with Gasteiger partial charge in [-0.2, -0.15) is 17.9 Å². The van der Waals surface area contributed by atoms with Crippen LogP contribution in [0.4, 0.5) is 18.9 Å². The quantitative estimate of drug-likeness (QED) is 0.105. The van der Waals surface area contributed by atoms with Gasteiger partial charge < -0.3 is 30.1 Å². The molecule has 2 aliphatic heterocycles. The van der Waals surface area contributed by atoms with Crippen molar-refractivity contribution in [2.24, 2.45) is 11.1 Å². The Labute approximate surface area is 333 Å². The maximum Gasteiger partial charge on any atom is 0.417 e. The largest absolute Gasteiger partial charge is 0.490 e. The first-order valence-corrected chi connectivity index (χ1v) is 21.8. The number of nitrogens with zero attached hydrogens (tertiary/aromatic N) is 1. The van der Waals surface area contributed by atoms with Gasteiger partial charge in [0.2, 0.25) is 26.0 Å². The molecule has 320 valence electrons. The van der Waals surface area contributed by atoms with E-state index in [1.165, 1.54) is 29.2 Å². The molecule has 6 atom stereocenters. The Bertz CT molecular complexity index is 2090. The number of hydrogen-bond donors (Lipinski definition) is 6. The summed E-state index contributed by atoms with van der Waals surface area (Å²) in [6.45, 7) is 3.22. The number of sulfonamides is 2. The number of aliphatic carboxylic acids is 1. The summed E-state index contributed by atoms with van der Waals surface area (Å²) >= 11 is 0. The fourth-order valence-electron chi connectivity index (χ4n) is 7.66. The van der Waals surface area contributed by atoms with Crippen molar-refractivity contribution in [1.29, 1.82) is 0 Å². The average Bonchev–Trinajstić information content (AvgIpc) is 3.55. The molecule has 2 heterocycles. The molecule has 2 aromatic carbocycles. The van der Waals surface area contributed by atoms with E-state index in [0.29, 0.717) is 31.4 Å². The van der Waals surface area contributed by atoms with E-state index in [9.17, 15) is 54.3 Å². The van der Waals surface area contributed by atoms with Crippen LogP contribution < -0.4 is 30.5 Å². The molecule has 0 aromatic heterocycles. The van der Waals surface area contributed by atoms with Crippen molar-refractivity contribution in [3.63, 3.8) is 0 Å². The number of carboxylic acids is 1. The van der Waals surface area contributed by atoms with Gasteiger partial charge in [-0.15, -0.1) is 0 Å². The predicted octanol–water partition coefficient (Wildman–Crippen LogP) is 2.52. The van der Waals surface area contributed by atoms with E-state index in [4.69, 9.17) is 14.6 Å². The van der Waals surface area contributed by atoms with Crippen LogP contribution in [0.2, 0.25) is 0 Å². The van der Waals surface area contributed by atoms with Gasteiger partial charge in [0.1, 0.15) is 35.5 Å². The maximum absolute atomic E-state index is 13.6. The summed E-state index contributed by atoms with van der Waals surface area (Å²) in [5, 5.41) is 23.2. The summed E-state index contributed by atoms with van der Waals surface area (Å²) in [7, 11) is -9.43. The minimum atomic E-state index is -5.16. The summed E-state index contributed by atoms with van der Waals surface area (Å²) in [6.07, 6.45) is -1.25. The van der Waals surface area contributed by atoms with Crippen molar-refractivity contribution >= 4 is 49.5 Å². The van der Waals surface area contributed by atoms with Gasteiger partial charge in [0, 0.05) is 18.2 Å². The van der Waals surface area contributed by atoms with Crippen molar-refractivity contribution < 1.29 is 63.8 Å². The van der Waals surface area contributed by atoms with Crippen LogP contribution in [0.25, 0.3) is 0 Å². The van der Waals surface area contributed by atoms with Crippen molar-refractivity contribution in [3.8, 4) is 5.75 Å². The third-order valence-corrected chi connectivity index (χ3v) is 12.8. The molecule has 2 amide bonds. The minimum Gasteiger partial charge on any atom is -0.490 e. The number of amides is 2. The lowest BCUT2D eigenvalue weighted by Gasteiger charge is -2.35. The maximum atomic E-state index is 13.6. The van der Waals surface area contributed by atoms with E-state index >= 15 is 0 Å². The Morgan fingerprint density at radius 1 is 1.09 bits per heavy atom. The van der Waals surface area contributed by atoms with E-state index in [0.717, 1.165) is 25.7 Å². The summed E-state index contributed by atoms with van der Waals surface area (Å²) in [5.74, 6) is -2.05. The molecular formula is C36H47F3N6O11S2. The molecule has 1 saturated heterocycles. The van der Waals surface area contributed by atoms with Crippen molar-refractivity contribution in [2.75, 3.05) is 25.1 Å². The number of esters is 1. The molecule has 0 radical (unpaired) electrons. The number of nitrogens with two attached hydrogens (primary N) is 1. The molecule has 17 nitrogen and oxygen atoms in total. The number of halogens is 3. The number of unbranched alkanes of at least 4 members (excludes halogenated alkanes) is 1. The van der Waals surface area contributed by atoms with E-state index < -0.39 is 96.0 Å². The summed E-state index contributed by atoms with van der Waals surface area (Å²) < 4.78 is 103. The van der Waals surface area contributed by atoms with Crippen molar-refractivity contribution in [3.05, 3.63) is 47.5 Å². The monoisotopic (exact) mass is 860 g/mol. The summed E-state index contributed by atoms with van der Waals surface area (Å²) in [4.78, 5) is 50.6. The van der Waals surface area contributed by atoms with Gasteiger partial charge in [0.15, 0.2) is 0 Å². The number of carbonyl (C=O) groups is 4. The third kappa shape index (κ3) is 10.6. The molecule has 2 fully saturated rings. The van der Waals surface area contributed by atoms with Gasteiger partial charge in [-0.3, -0.25) is 19.7 Å². The number of alkyl halides is 3. The molecular weight excluding hydrogens is 814 g/mol. The van der Waals surface area contributed by atoms with E-state index in [1.54, 1.807) is 13.8 Å². The van der Waals surface area contributed by atoms with Gasteiger partial charge in [0.25, 0.3) is 5.91 Å². The Hall–Kier alpha value is -4.51. The number of carbonyl (C=O) groups excluding carboxylic acids is 3. The molecule has 7 N–H and O–H groups in total. The molecule has 0 bridgehead atoms. The first kappa shape index (κ1) is 44.6. The zero-order valence-corrected chi connectivity index (χ0v) is 33.3. The van der Waals surface area contributed by atoms with Gasteiger partial charge >= 0.3 is 18.1 Å². The molecule has 2 aromatic rings. The van der Waals surface area contributed by atoms with Crippen molar-refractivity contribution in [1.82, 2.24) is 20.3 Å². The number of anilines is 1. The second-order valence-electron chi connectivity index (χ2n) is 14.4. The summed E-state index contributed by atoms with van der Waals surface area (Å²) in [6, 6.07) is 3.68. The SMILES string of the molecule is CCOC(=O)[C@H](CCCCNC(=O)c1ccc(OCC2Nc3cc(C(F)(F)F)c(S(N)(=O)=O)cc3S(=O)(=O)N2)cc1)N[C@@H](C)C(=O)N1C(C(=O)O)CC2CCCCC21. The number of rotatable bonds is 16. The molecule has 0 spiro atoms. The normalized spacial score (nSPS) is 22.4. The lowest BCUT2D eigenvalue weighted by atomic mass is 9.84. The summed E-state index contributed by atoms with van der Waals surface area (Å²) in [5.41, 5.74) is -1.90. The first-order chi connectivity index (χ1) is 27.2. The van der Waals surface area contributed by atoms with Crippen LogP contribution in [0.15, 0.2) is 46.2 Å². The molecule has 22 heteroatoms. The van der Waals surface area contributed by atoms with Crippen molar-refractivity contribution in [2.45, 2.75) is 112 Å². The van der Waals surface area contributed by atoms with E-state index in [2.05, 4.69) is 20.7 Å². The van der Waals surface area contributed by atoms with Crippen LogP contribution >= 0.6 is 0 Å². The number of hydrogen-bond acceptors (Lipinski definition) is 12. The van der Waals surface area contributed by atoms with Crippen LogP contribution in [0.1, 0.15) is 81.1 Å². The number of ether oxygens (including phenoxy) is 2. The number of carboxylic acid groups (broad SMARTS) is 1. The Morgan fingerprint density at radius 3 is 2.41 bits per heavy atom. The highest BCUT2D eigenvalue weighted by Gasteiger charge is 2.48. The number of likely N-dealkylation sites (tertiary alicyclic amines) is 1. The van der Waals surface area contributed by atoms with Gasteiger partial charge in [-0.25, -0.2) is 26.8 Å². The van der Waals surface area contributed by atoms with Crippen LogP contribution in [-0.4, -0.2) is 101 Å². The zero-order valence-electron chi connectivity index (χ0n) is 31.7. The Kier molecular flexibility index (Phi) is 14.0. The highest BCUT2D eigenvalue weighted by atomic mass is 32.2. The highest BCUT2D eigenvalue weighted by molar-refractivity contribution is 7.90. The molecule has 1 aliphatic carbocycles. The number of nitrogens with one attached hydrogen (secondary N) is 4. The Morgan fingerprint density at radius 2 is 1.78 bits per heavy atom. The topological polar surface area (TPSA) is 253 Å². The predicted molar refractivity (Wildman–Crippen MR) is 200 cm³/mol. The smallest absolute Gasteiger partial charge is 0.417 e. The minimum absolute atomic E-state index is 0.124. The van der Waals surface area contributed by atoms with Gasteiger partial charge in [-0.1, -0.05) is 12.8 Å². The number of benzene rings is 2. The Balaban J connectivity index is 1.10. The molecule has 5 rings (SSSR count). The molecule has 3 aliphatic rings. The van der Waals surface area contributed by atoms with E-state index in [-0.39, 0.29) is 48.8 Å². The fourth-order valence-corrected chi connectivity index (χ4v) is 9.81. The third-order valence-electron chi connectivity index (χ3n) is 10.4. The van der Waals surface area contributed by atoms with Crippen LogP contribution in [0.3, 0.4) is 0 Å². The second kappa shape index (κ2) is 18.2. The van der Waals surface area contributed by atoms with Gasteiger partial charge in [-0.05, 0) is 94.7 Å².